The van der Waals surface area contributed by atoms with Crippen molar-refractivity contribution < 1.29 is 0 Å². The summed E-state index contributed by atoms with van der Waals surface area (Å²) in [6.07, 6.45) is 2.42. The van der Waals surface area contributed by atoms with Crippen LogP contribution in [0.2, 0.25) is 0 Å². The van der Waals surface area contributed by atoms with Gasteiger partial charge in [-0.25, -0.2) is 0 Å². The number of rotatable bonds is 1. The second kappa shape index (κ2) is 3.76. The van der Waals surface area contributed by atoms with E-state index in [0.29, 0.717) is 6.04 Å². The second-order valence-electron chi connectivity index (χ2n) is 3.33. The summed E-state index contributed by atoms with van der Waals surface area (Å²) in [5.74, 6) is 1.00. The van der Waals surface area contributed by atoms with E-state index in [-0.39, 0.29) is 0 Å². The Balaban J connectivity index is 1.77. The maximum absolute atomic E-state index is 4.30. The Bertz CT molecular complexity index is 172. The van der Waals surface area contributed by atoms with Gasteiger partial charge in [0, 0.05) is 12.6 Å². The van der Waals surface area contributed by atoms with E-state index in [4.69, 9.17) is 0 Å². The first-order valence-corrected chi connectivity index (χ1v) is 4.71. The molecule has 0 saturated carbocycles. The highest BCUT2D eigenvalue weighted by Gasteiger charge is 2.15. The first-order valence-electron chi connectivity index (χ1n) is 4.71. The normalized spacial score (nSPS) is 24.8. The standard InChI is InChI=1S/C8H16N4/c1-3-9-4-2-7(1)12-8-10-5-6-11-8/h7,9H,1-6H2,(H2,10,11,12). The Kier molecular flexibility index (Phi) is 2.46. The molecule has 2 heterocycles. The summed E-state index contributed by atoms with van der Waals surface area (Å²) in [6.45, 7) is 4.18. The fraction of sp³-hybridized carbons (Fsp3) is 0.875. The van der Waals surface area contributed by atoms with Gasteiger partial charge in [0.2, 0.25) is 0 Å². The number of guanidine groups is 1. The van der Waals surface area contributed by atoms with Crippen molar-refractivity contribution in [3.05, 3.63) is 0 Å². The molecule has 1 saturated heterocycles. The van der Waals surface area contributed by atoms with Crippen LogP contribution >= 0.6 is 0 Å². The Morgan fingerprint density at radius 3 is 2.75 bits per heavy atom. The van der Waals surface area contributed by atoms with Crippen molar-refractivity contribution in [3.8, 4) is 0 Å². The minimum atomic E-state index is 0.621. The summed E-state index contributed by atoms with van der Waals surface area (Å²) < 4.78 is 0. The number of hydrogen-bond donors (Lipinski definition) is 3. The molecule has 2 aliphatic heterocycles. The Hall–Kier alpha value is -0.770. The van der Waals surface area contributed by atoms with Gasteiger partial charge in [0.05, 0.1) is 6.54 Å². The van der Waals surface area contributed by atoms with Crippen LogP contribution in [0.1, 0.15) is 12.8 Å². The number of hydrogen-bond acceptors (Lipinski definition) is 4. The topological polar surface area (TPSA) is 48.4 Å². The molecule has 1 fully saturated rings. The minimum absolute atomic E-state index is 0.621. The molecule has 0 radical (unpaired) electrons. The van der Waals surface area contributed by atoms with Crippen molar-refractivity contribution in [1.29, 1.82) is 0 Å². The van der Waals surface area contributed by atoms with Gasteiger partial charge >= 0.3 is 0 Å². The third kappa shape index (κ3) is 1.88. The molecule has 0 aliphatic carbocycles. The fourth-order valence-corrected chi connectivity index (χ4v) is 1.65. The third-order valence-corrected chi connectivity index (χ3v) is 2.35. The van der Waals surface area contributed by atoms with E-state index < -0.39 is 0 Å². The van der Waals surface area contributed by atoms with Gasteiger partial charge in [-0.3, -0.25) is 4.99 Å². The predicted molar refractivity (Wildman–Crippen MR) is 49.3 cm³/mol. The van der Waals surface area contributed by atoms with E-state index in [1.54, 1.807) is 0 Å². The van der Waals surface area contributed by atoms with E-state index in [2.05, 4.69) is 20.9 Å². The van der Waals surface area contributed by atoms with Crippen LogP contribution in [0, 0.1) is 0 Å². The highest BCUT2D eigenvalue weighted by molar-refractivity contribution is 5.81. The average molecular weight is 168 g/mol. The minimum Gasteiger partial charge on any atom is -0.355 e. The molecule has 2 rings (SSSR count). The SMILES string of the molecule is C1CNC(NC2CCNCC2)=N1. The van der Waals surface area contributed by atoms with Gasteiger partial charge in [-0.2, -0.15) is 0 Å². The molecule has 0 spiro atoms. The molecule has 0 aromatic carbocycles. The van der Waals surface area contributed by atoms with Crippen molar-refractivity contribution >= 4 is 5.96 Å². The quantitative estimate of drug-likeness (QED) is 0.484. The molecule has 0 unspecified atom stereocenters. The molecule has 0 atom stereocenters. The van der Waals surface area contributed by atoms with Crippen molar-refractivity contribution in [2.24, 2.45) is 4.99 Å². The lowest BCUT2D eigenvalue weighted by atomic mass is 10.1. The number of piperidine rings is 1. The smallest absolute Gasteiger partial charge is 0.191 e. The van der Waals surface area contributed by atoms with Gasteiger partial charge in [0.25, 0.3) is 0 Å². The maximum atomic E-state index is 4.30. The number of nitrogens with zero attached hydrogens (tertiary/aromatic N) is 1. The lowest BCUT2D eigenvalue weighted by Gasteiger charge is -2.24. The number of aliphatic imine (C=N–C) groups is 1. The van der Waals surface area contributed by atoms with Crippen LogP contribution in [-0.4, -0.2) is 38.2 Å². The molecule has 2 aliphatic rings. The Morgan fingerprint density at radius 2 is 2.08 bits per heavy atom. The molecule has 0 amide bonds. The zero-order valence-corrected chi connectivity index (χ0v) is 7.27. The molecule has 0 aromatic rings. The summed E-state index contributed by atoms with van der Waals surface area (Å²) in [4.78, 5) is 4.30. The molecule has 0 aromatic heterocycles. The van der Waals surface area contributed by atoms with E-state index in [1.807, 2.05) is 0 Å². The molecule has 4 heteroatoms. The van der Waals surface area contributed by atoms with Crippen molar-refractivity contribution in [2.45, 2.75) is 18.9 Å². The fourth-order valence-electron chi connectivity index (χ4n) is 1.65. The summed E-state index contributed by atoms with van der Waals surface area (Å²) in [5.41, 5.74) is 0. The van der Waals surface area contributed by atoms with E-state index in [0.717, 1.165) is 32.1 Å². The largest absolute Gasteiger partial charge is 0.355 e. The highest BCUT2D eigenvalue weighted by Crippen LogP contribution is 2.01. The van der Waals surface area contributed by atoms with Gasteiger partial charge in [-0.15, -0.1) is 0 Å². The Morgan fingerprint density at radius 1 is 1.25 bits per heavy atom. The van der Waals surface area contributed by atoms with Gasteiger partial charge < -0.3 is 16.0 Å². The molecule has 68 valence electrons. The van der Waals surface area contributed by atoms with Gasteiger partial charge in [-0.05, 0) is 25.9 Å². The first kappa shape index (κ1) is 7.86. The maximum Gasteiger partial charge on any atom is 0.191 e. The van der Waals surface area contributed by atoms with Crippen LogP contribution in [0.3, 0.4) is 0 Å². The van der Waals surface area contributed by atoms with Crippen LogP contribution in [0.4, 0.5) is 0 Å². The molecule has 12 heavy (non-hydrogen) atoms. The lowest BCUT2D eigenvalue weighted by molar-refractivity contribution is 0.427. The molecule has 3 N–H and O–H groups in total. The monoisotopic (exact) mass is 168 g/mol. The zero-order valence-electron chi connectivity index (χ0n) is 7.27. The average Bonchev–Trinajstić information content (AvgIpc) is 2.59. The highest BCUT2D eigenvalue weighted by atomic mass is 15.2. The van der Waals surface area contributed by atoms with Gasteiger partial charge in [0.15, 0.2) is 5.96 Å². The predicted octanol–water partition coefficient (Wildman–Crippen LogP) is -0.713. The van der Waals surface area contributed by atoms with Crippen LogP contribution in [0.25, 0.3) is 0 Å². The van der Waals surface area contributed by atoms with E-state index in [9.17, 15) is 0 Å². The van der Waals surface area contributed by atoms with Crippen LogP contribution in [0.15, 0.2) is 4.99 Å². The zero-order chi connectivity index (χ0) is 8.23. The molecular weight excluding hydrogens is 152 g/mol. The summed E-state index contributed by atoms with van der Waals surface area (Å²) in [7, 11) is 0. The van der Waals surface area contributed by atoms with Crippen LogP contribution in [0.5, 0.6) is 0 Å². The van der Waals surface area contributed by atoms with Crippen LogP contribution < -0.4 is 16.0 Å². The molecule has 4 nitrogen and oxygen atoms in total. The molecular formula is C8H16N4. The Labute approximate surface area is 72.8 Å². The second-order valence-corrected chi connectivity index (χ2v) is 3.33. The van der Waals surface area contributed by atoms with Gasteiger partial charge in [0.1, 0.15) is 0 Å². The van der Waals surface area contributed by atoms with Crippen molar-refractivity contribution in [3.63, 3.8) is 0 Å². The molecule has 0 bridgehead atoms. The van der Waals surface area contributed by atoms with Crippen molar-refractivity contribution in [2.75, 3.05) is 26.2 Å². The van der Waals surface area contributed by atoms with Crippen molar-refractivity contribution in [1.82, 2.24) is 16.0 Å². The third-order valence-electron chi connectivity index (χ3n) is 2.35. The van der Waals surface area contributed by atoms with Gasteiger partial charge in [-0.1, -0.05) is 0 Å². The summed E-state index contributed by atoms with van der Waals surface area (Å²) >= 11 is 0. The van der Waals surface area contributed by atoms with Crippen LogP contribution in [-0.2, 0) is 0 Å². The van der Waals surface area contributed by atoms with E-state index in [1.165, 1.54) is 12.8 Å². The summed E-state index contributed by atoms with van der Waals surface area (Å²) in [5, 5.41) is 9.98. The lowest BCUT2D eigenvalue weighted by Crippen LogP contribution is -2.46. The van der Waals surface area contributed by atoms with E-state index >= 15 is 0 Å². The summed E-state index contributed by atoms with van der Waals surface area (Å²) in [6, 6.07) is 0.621. The first-order chi connectivity index (χ1) is 5.95. The number of nitrogens with one attached hydrogen (secondary N) is 3.